The second kappa shape index (κ2) is 3.65. The van der Waals surface area contributed by atoms with Crippen LogP contribution in [-0.4, -0.2) is 14.9 Å². The van der Waals surface area contributed by atoms with Gasteiger partial charge in [0.05, 0.1) is 5.69 Å². The molecule has 2 rings (SSSR count). The first-order chi connectivity index (χ1) is 7.15. The number of hydrogen-bond acceptors (Lipinski definition) is 3. The van der Waals surface area contributed by atoms with Crippen LogP contribution in [0.2, 0.25) is 0 Å². The van der Waals surface area contributed by atoms with Gasteiger partial charge in [-0.2, -0.15) is 5.10 Å². The maximum Gasteiger partial charge on any atom is 0.121 e. The number of nitrogen functional groups attached to an aromatic ring is 1. The fraction of sp³-hybridized carbons (Fsp3) is 0.182. The lowest BCUT2D eigenvalue weighted by atomic mass is 10.1. The third-order valence-electron chi connectivity index (χ3n) is 2.26. The molecule has 1 heterocycles. The molecule has 1 aromatic carbocycles. The minimum absolute atomic E-state index is 0.274. The number of aryl methyl sites for hydroxylation is 1. The number of phenols is 1. The Morgan fingerprint density at radius 1 is 1.40 bits per heavy atom. The molecule has 0 bridgehead atoms. The van der Waals surface area contributed by atoms with Crippen LogP contribution < -0.4 is 5.73 Å². The molecule has 0 unspecified atom stereocenters. The molecule has 4 nitrogen and oxygen atoms in total. The van der Waals surface area contributed by atoms with Gasteiger partial charge < -0.3 is 10.8 Å². The number of rotatable bonds is 2. The highest BCUT2D eigenvalue weighted by Crippen LogP contribution is 2.15. The second-order valence-corrected chi connectivity index (χ2v) is 3.53. The van der Waals surface area contributed by atoms with Crippen LogP contribution in [0.4, 0.5) is 5.82 Å². The van der Waals surface area contributed by atoms with Gasteiger partial charge in [0.15, 0.2) is 0 Å². The van der Waals surface area contributed by atoms with Gasteiger partial charge in [0.25, 0.3) is 0 Å². The summed E-state index contributed by atoms with van der Waals surface area (Å²) in [4.78, 5) is 0. The third kappa shape index (κ3) is 2.10. The van der Waals surface area contributed by atoms with E-state index in [4.69, 9.17) is 5.73 Å². The van der Waals surface area contributed by atoms with E-state index in [1.165, 1.54) is 0 Å². The van der Waals surface area contributed by atoms with Crippen LogP contribution in [0.3, 0.4) is 0 Å². The monoisotopic (exact) mass is 203 g/mol. The van der Waals surface area contributed by atoms with E-state index in [0.717, 1.165) is 11.3 Å². The minimum atomic E-state index is 0.274. The Bertz CT molecular complexity index is 457. The maximum absolute atomic E-state index is 9.30. The minimum Gasteiger partial charge on any atom is -0.508 e. The zero-order chi connectivity index (χ0) is 10.8. The van der Waals surface area contributed by atoms with Crippen LogP contribution in [0.5, 0.6) is 5.75 Å². The van der Waals surface area contributed by atoms with Gasteiger partial charge >= 0.3 is 0 Å². The molecule has 0 aliphatic carbocycles. The fourth-order valence-electron chi connectivity index (χ4n) is 1.51. The molecule has 0 fully saturated rings. The van der Waals surface area contributed by atoms with Crippen molar-refractivity contribution in [3.05, 3.63) is 41.6 Å². The van der Waals surface area contributed by atoms with Crippen LogP contribution in [0.25, 0.3) is 0 Å². The number of phenolic OH excluding ortho intramolecular Hbond substituents is 1. The summed E-state index contributed by atoms with van der Waals surface area (Å²) in [5.41, 5.74) is 7.60. The van der Waals surface area contributed by atoms with Crippen molar-refractivity contribution < 1.29 is 5.11 Å². The third-order valence-corrected chi connectivity index (χ3v) is 2.26. The Morgan fingerprint density at radius 2 is 2.20 bits per heavy atom. The van der Waals surface area contributed by atoms with Crippen LogP contribution in [-0.2, 0) is 13.5 Å². The number of anilines is 1. The number of aromatic hydroxyl groups is 1. The molecule has 0 aliphatic heterocycles. The van der Waals surface area contributed by atoms with E-state index < -0.39 is 0 Å². The highest BCUT2D eigenvalue weighted by molar-refractivity contribution is 5.35. The average Bonchev–Trinajstić information content (AvgIpc) is 2.45. The average molecular weight is 203 g/mol. The molecule has 3 N–H and O–H groups in total. The molecular weight excluding hydrogens is 190 g/mol. The van der Waals surface area contributed by atoms with Gasteiger partial charge in [-0.05, 0) is 17.7 Å². The van der Waals surface area contributed by atoms with Crippen molar-refractivity contribution in [3.8, 4) is 5.75 Å². The molecule has 0 radical (unpaired) electrons. The van der Waals surface area contributed by atoms with Gasteiger partial charge in [-0.1, -0.05) is 12.1 Å². The first kappa shape index (κ1) is 9.58. The predicted octanol–water partition coefficient (Wildman–Crippen LogP) is 1.30. The van der Waals surface area contributed by atoms with Crippen molar-refractivity contribution in [3.63, 3.8) is 0 Å². The number of aromatic nitrogens is 2. The summed E-state index contributed by atoms with van der Waals surface area (Å²) in [7, 11) is 1.81. The zero-order valence-electron chi connectivity index (χ0n) is 8.51. The van der Waals surface area contributed by atoms with Crippen LogP contribution in [0.1, 0.15) is 11.3 Å². The van der Waals surface area contributed by atoms with E-state index in [9.17, 15) is 5.11 Å². The molecule has 4 heteroatoms. The largest absolute Gasteiger partial charge is 0.508 e. The van der Waals surface area contributed by atoms with Crippen molar-refractivity contribution in [2.24, 2.45) is 7.05 Å². The molecule has 15 heavy (non-hydrogen) atoms. The van der Waals surface area contributed by atoms with Crippen molar-refractivity contribution in [2.75, 3.05) is 5.73 Å². The second-order valence-electron chi connectivity index (χ2n) is 3.53. The molecule has 0 atom stereocenters. The van der Waals surface area contributed by atoms with Crippen molar-refractivity contribution in [1.29, 1.82) is 0 Å². The van der Waals surface area contributed by atoms with E-state index in [-0.39, 0.29) is 5.75 Å². The molecule has 0 saturated carbocycles. The van der Waals surface area contributed by atoms with Crippen LogP contribution >= 0.6 is 0 Å². The van der Waals surface area contributed by atoms with E-state index in [0.29, 0.717) is 12.2 Å². The number of nitrogens with two attached hydrogens (primary N) is 1. The molecular formula is C11H13N3O. The molecule has 1 aromatic heterocycles. The quantitative estimate of drug-likeness (QED) is 0.773. The standard InChI is InChI=1S/C11H13N3O/c1-14-11(12)7-9(13-14)5-8-3-2-4-10(15)6-8/h2-4,6-7,15H,5,12H2,1H3. The molecule has 0 aliphatic rings. The normalized spacial score (nSPS) is 10.5. The molecule has 0 amide bonds. The smallest absolute Gasteiger partial charge is 0.121 e. The van der Waals surface area contributed by atoms with Crippen molar-refractivity contribution in [1.82, 2.24) is 9.78 Å². The summed E-state index contributed by atoms with van der Waals surface area (Å²) in [6, 6.07) is 8.98. The van der Waals surface area contributed by atoms with Gasteiger partial charge in [-0.3, -0.25) is 4.68 Å². The Balaban J connectivity index is 2.22. The van der Waals surface area contributed by atoms with Gasteiger partial charge in [-0.25, -0.2) is 0 Å². The summed E-state index contributed by atoms with van der Waals surface area (Å²) in [6.07, 6.45) is 0.680. The maximum atomic E-state index is 9.30. The summed E-state index contributed by atoms with van der Waals surface area (Å²) in [5, 5.41) is 13.5. The Morgan fingerprint density at radius 3 is 2.80 bits per heavy atom. The van der Waals surface area contributed by atoms with Crippen LogP contribution in [0.15, 0.2) is 30.3 Å². The van der Waals surface area contributed by atoms with Gasteiger partial charge in [0.1, 0.15) is 11.6 Å². The van der Waals surface area contributed by atoms with E-state index in [1.54, 1.807) is 23.9 Å². The lowest BCUT2D eigenvalue weighted by Gasteiger charge is -1.98. The lowest BCUT2D eigenvalue weighted by Crippen LogP contribution is -1.97. The zero-order valence-corrected chi connectivity index (χ0v) is 8.51. The SMILES string of the molecule is Cn1nc(Cc2cccc(O)c2)cc1N. The Labute approximate surface area is 88.0 Å². The predicted molar refractivity (Wildman–Crippen MR) is 58.5 cm³/mol. The van der Waals surface area contributed by atoms with Gasteiger partial charge in [0.2, 0.25) is 0 Å². The summed E-state index contributed by atoms with van der Waals surface area (Å²) >= 11 is 0. The topological polar surface area (TPSA) is 64.1 Å². The molecule has 2 aromatic rings. The number of nitrogens with zero attached hydrogens (tertiary/aromatic N) is 2. The summed E-state index contributed by atoms with van der Waals surface area (Å²) in [5.74, 6) is 0.918. The van der Waals surface area contributed by atoms with Crippen molar-refractivity contribution in [2.45, 2.75) is 6.42 Å². The first-order valence-corrected chi connectivity index (χ1v) is 4.71. The lowest BCUT2D eigenvalue weighted by molar-refractivity contribution is 0.474. The molecule has 0 saturated heterocycles. The van der Waals surface area contributed by atoms with Crippen molar-refractivity contribution >= 4 is 5.82 Å². The molecule has 0 spiro atoms. The van der Waals surface area contributed by atoms with E-state index in [2.05, 4.69) is 5.10 Å². The highest BCUT2D eigenvalue weighted by atomic mass is 16.3. The van der Waals surface area contributed by atoms with Gasteiger partial charge in [0, 0.05) is 19.5 Å². The van der Waals surface area contributed by atoms with E-state index >= 15 is 0 Å². The fourth-order valence-corrected chi connectivity index (χ4v) is 1.51. The number of benzene rings is 1. The Kier molecular flexibility index (Phi) is 2.33. The van der Waals surface area contributed by atoms with Crippen LogP contribution in [0, 0.1) is 0 Å². The highest BCUT2D eigenvalue weighted by Gasteiger charge is 2.03. The van der Waals surface area contributed by atoms with E-state index in [1.807, 2.05) is 18.2 Å². The van der Waals surface area contributed by atoms with Gasteiger partial charge in [-0.15, -0.1) is 0 Å². The number of hydrogen-bond donors (Lipinski definition) is 2. The first-order valence-electron chi connectivity index (χ1n) is 4.71. The summed E-state index contributed by atoms with van der Waals surface area (Å²) in [6.45, 7) is 0. The molecule has 78 valence electrons. The Hall–Kier alpha value is -1.97. The summed E-state index contributed by atoms with van der Waals surface area (Å²) < 4.78 is 1.64.